The molecule has 0 aliphatic carbocycles. The van der Waals surface area contributed by atoms with E-state index in [-0.39, 0.29) is 0 Å². The molecule has 4 nitrogen and oxygen atoms in total. The van der Waals surface area contributed by atoms with Crippen molar-refractivity contribution < 1.29 is 9.47 Å². The second kappa shape index (κ2) is 7.00. The standard InChI is InChI=1S/C20H12N2O2/c21-13-15-6-1-3-10-19(15)23-17-8-5-9-18(12-17)24-20-11-4-2-7-16(20)14-22/h1-12H. The van der Waals surface area contributed by atoms with Gasteiger partial charge in [-0.1, -0.05) is 30.3 Å². The molecule has 0 aliphatic rings. The second-order valence-corrected chi connectivity index (χ2v) is 4.89. The number of ether oxygens (including phenoxy) is 2. The molecule has 0 aliphatic heterocycles. The van der Waals surface area contributed by atoms with Crippen molar-refractivity contribution in [2.24, 2.45) is 0 Å². The van der Waals surface area contributed by atoms with Gasteiger partial charge < -0.3 is 9.47 Å². The molecule has 114 valence electrons. The largest absolute Gasteiger partial charge is 0.456 e. The van der Waals surface area contributed by atoms with Gasteiger partial charge in [-0.3, -0.25) is 0 Å². The quantitative estimate of drug-likeness (QED) is 0.679. The van der Waals surface area contributed by atoms with Crippen molar-refractivity contribution in [1.29, 1.82) is 10.5 Å². The maximum Gasteiger partial charge on any atom is 0.145 e. The number of hydrogen-bond acceptors (Lipinski definition) is 4. The first-order valence-electron chi connectivity index (χ1n) is 7.24. The molecule has 0 N–H and O–H groups in total. The van der Waals surface area contributed by atoms with Crippen LogP contribution < -0.4 is 9.47 Å². The van der Waals surface area contributed by atoms with Gasteiger partial charge in [0.2, 0.25) is 0 Å². The minimum Gasteiger partial charge on any atom is -0.456 e. The Morgan fingerprint density at radius 1 is 0.583 bits per heavy atom. The van der Waals surface area contributed by atoms with Crippen LogP contribution in [0.4, 0.5) is 0 Å². The van der Waals surface area contributed by atoms with E-state index in [2.05, 4.69) is 12.1 Å². The van der Waals surface area contributed by atoms with Gasteiger partial charge in [0.05, 0.1) is 11.1 Å². The lowest BCUT2D eigenvalue weighted by atomic mass is 10.2. The van der Waals surface area contributed by atoms with Crippen molar-refractivity contribution in [1.82, 2.24) is 0 Å². The Hall–Kier alpha value is -3.76. The first-order chi connectivity index (χ1) is 11.8. The van der Waals surface area contributed by atoms with Crippen molar-refractivity contribution in [3.8, 4) is 35.1 Å². The third-order valence-electron chi connectivity index (χ3n) is 3.28. The molecule has 3 aromatic rings. The summed E-state index contributed by atoms with van der Waals surface area (Å²) in [5.41, 5.74) is 0.914. The van der Waals surface area contributed by atoms with Crippen LogP contribution in [0.1, 0.15) is 11.1 Å². The van der Waals surface area contributed by atoms with Gasteiger partial charge in [-0.25, -0.2) is 0 Å². The van der Waals surface area contributed by atoms with Crippen LogP contribution in [0.25, 0.3) is 0 Å². The summed E-state index contributed by atoms with van der Waals surface area (Å²) in [4.78, 5) is 0. The monoisotopic (exact) mass is 312 g/mol. The molecule has 0 bridgehead atoms. The fraction of sp³-hybridized carbons (Fsp3) is 0. The summed E-state index contributed by atoms with van der Waals surface area (Å²) in [6, 6.07) is 25.3. The second-order valence-electron chi connectivity index (χ2n) is 4.89. The summed E-state index contributed by atoms with van der Waals surface area (Å²) in [7, 11) is 0. The Labute approximate surface area is 139 Å². The predicted molar refractivity (Wildman–Crippen MR) is 88.9 cm³/mol. The molecule has 0 spiro atoms. The lowest BCUT2D eigenvalue weighted by molar-refractivity contribution is 0.459. The highest BCUT2D eigenvalue weighted by atomic mass is 16.5. The van der Waals surface area contributed by atoms with Gasteiger partial charge in [-0.15, -0.1) is 0 Å². The van der Waals surface area contributed by atoms with Crippen molar-refractivity contribution in [3.05, 3.63) is 83.9 Å². The summed E-state index contributed by atoms with van der Waals surface area (Å²) in [5.74, 6) is 2.05. The zero-order valence-corrected chi connectivity index (χ0v) is 12.6. The Bertz CT molecular complexity index is 877. The molecular formula is C20H12N2O2. The normalized spacial score (nSPS) is 9.58. The number of para-hydroxylation sites is 2. The van der Waals surface area contributed by atoms with E-state index in [1.54, 1.807) is 72.8 Å². The van der Waals surface area contributed by atoms with E-state index in [0.717, 1.165) is 0 Å². The molecule has 0 amide bonds. The molecule has 0 aromatic heterocycles. The first kappa shape index (κ1) is 15.1. The van der Waals surface area contributed by atoms with Crippen molar-refractivity contribution in [2.45, 2.75) is 0 Å². The minimum absolute atomic E-state index is 0.457. The van der Waals surface area contributed by atoms with Gasteiger partial charge in [-0.05, 0) is 36.4 Å². The van der Waals surface area contributed by atoms with Crippen LogP contribution >= 0.6 is 0 Å². The van der Waals surface area contributed by atoms with E-state index in [1.807, 2.05) is 0 Å². The van der Waals surface area contributed by atoms with Crippen LogP contribution in [0, 0.1) is 22.7 Å². The molecule has 0 saturated carbocycles. The van der Waals surface area contributed by atoms with E-state index >= 15 is 0 Å². The third-order valence-corrected chi connectivity index (χ3v) is 3.28. The van der Waals surface area contributed by atoms with Crippen LogP contribution in [-0.4, -0.2) is 0 Å². The van der Waals surface area contributed by atoms with Gasteiger partial charge >= 0.3 is 0 Å². The lowest BCUT2D eigenvalue weighted by Crippen LogP contribution is -1.90. The fourth-order valence-corrected chi connectivity index (χ4v) is 2.15. The Morgan fingerprint density at radius 3 is 1.50 bits per heavy atom. The van der Waals surface area contributed by atoms with Gasteiger partial charge in [0.25, 0.3) is 0 Å². The average Bonchev–Trinajstić information content (AvgIpc) is 2.63. The molecule has 0 radical (unpaired) electrons. The van der Waals surface area contributed by atoms with Crippen LogP contribution in [0.15, 0.2) is 72.8 Å². The average molecular weight is 312 g/mol. The Morgan fingerprint density at radius 2 is 1.04 bits per heavy atom. The Balaban J connectivity index is 1.85. The molecule has 0 saturated heterocycles. The Kier molecular flexibility index (Phi) is 4.42. The molecule has 3 aromatic carbocycles. The molecule has 0 unspecified atom stereocenters. The number of hydrogen-bond donors (Lipinski definition) is 0. The molecule has 24 heavy (non-hydrogen) atoms. The lowest BCUT2D eigenvalue weighted by Gasteiger charge is -2.10. The maximum atomic E-state index is 9.12. The fourth-order valence-electron chi connectivity index (χ4n) is 2.15. The van der Waals surface area contributed by atoms with Crippen molar-refractivity contribution in [3.63, 3.8) is 0 Å². The van der Waals surface area contributed by atoms with Crippen LogP contribution in [0.2, 0.25) is 0 Å². The van der Waals surface area contributed by atoms with Crippen LogP contribution in [0.3, 0.4) is 0 Å². The summed E-state index contributed by atoms with van der Waals surface area (Å²) >= 11 is 0. The number of nitrogens with zero attached hydrogens (tertiary/aromatic N) is 2. The van der Waals surface area contributed by atoms with Crippen LogP contribution in [-0.2, 0) is 0 Å². The zero-order valence-electron chi connectivity index (χ0n) is 12.6. The molecular weight excluding hydrogens is 300 g/mol. The van der Waals surface area contributed by atoms with Gasteiger partial charge in [0.1, 0.15) is 35.1 Å². The molecule has 0 fully saturated rings. The SMILES string of the molecule is N#Cc1ccccc1Oc1cccc(Oc2ccccc2C#N)c1. The van der Waals surface area contributed by atoms with Gasteiger partial charge in [0, 0.05) is 6.07 Å². The summed E-state index contributed by atoms with van der Waals surface area (Å²) in [5, 5.41) is 18.2. The molecule has 4 heteroatoms. The highest BCUT2D eigenvalue weighted by Gasteiger charge is 2.07. The smallest absolute Gasteiger partial charge is 0.145 e. The van der Waals surface area contributed by atoms with Crippen molar-refractivity contribution >= 4 is 0 Å². The van der Waals surface area contributed by atoms with Crippen molar-refractivity contribution in [2.75, 3.05) is 0 Å². The predicted octanol–water partition coefficient (Wildman–Crippen LogP) is 5.01. The van der Waals surface area contributed by atoms with Crippen LogP contribution in [0.5, 0.6) is 23.0 Å². The molecule has 3 rings (SSSR count). The number of rotatable bonds is 4. The van der Waals surface area contributed by atoms with E-state index in [9.17, 15) is 0 Å². The molecule has 0 heterocycles. The number of nitriles is 2. The van der Waals surface area contributed by atoms with E-state index in [0.29, 0.717) is 34.1 Å². The highest BCUT2D eigenvalue weighted by Crippen LogP contribution is 2.30. The molecule has 0 atom stereocenters. The van der Waals surface area contributed by atoms with Gasteiger partial charge in [-0.2, -0.15) is 10.5 Å². The zero-order chi connectivity index (χ0) is 16.8. The highest BCUT2D eigenvalue weighted by molar-refractivity contribution is 5.48. The summed E-state index contributed by atoms with van der Waals surface area (Å²) < 4.78 is 11.5. The van der Waals surface area contributed by atoms with E-state index < -0.39 is 0 Å². The number of benzene rings is 3. The minimum atomic E-state index is 0.457. The summed E-state index contributed by atoms with van der Waals surface area (Å²) in [6.07, 6.45) is 0. The first-order valence-corrected chi connectivity index (χ1v) is 7.24. The summed E-state index contributed by atoms with van der Waals surface area (Å²) in [6.45, 7) is 0. The van der Waals surface area contributed by atoms with E-state index in [4.69, 9.17) is 20.0 Å². The topological polar surface area (TPSA) is 66.0 Å². The van der Waals surface area contributed by atoms with E-state index in [1.165, 1.54) is 0 Å². The van der Waals surface area contributed by atoms with Gasteiger partial charge in [0.15, 0.2) is 0 Å². The third kappa shape index (κ3) is 3.35. The maximum absolute atomic E-state index is 9.12.